The van der Waals surface area contributed by atoms with Crippen LogP contribution in [0.3, 0.4) is 0 Å². The molecule has 3 aromatic carbocycles. The van der Waals surface area contributed by atoms with Gasteiger partial charge in [0.1, 0.15) is 5.71 Å². The Balaban J connectivity index is 1.90. The van der Waals surface area contributed by atoms with E-state index >= 15 is 0 Å². The van der Waals surface area contributed by atoms with Crippen molar-refractivity contribution in [1.82, 2.24) is 9.55 Å². The van der Waals surface area contributed by atoms with Crippen LogP contribution in [0.2, 0.25) is 0 Å². The van der Waals surface area contributed by atoms with Crippen LogP contribution in [0.5, 0.6) is 0 Å². The number of benzene rings is 3. The molecule has 0 saturated heterocycles. The quantitative estimate of drug-likeness (QED) is 0.411. The van der Waals surface area contributed by atoms with Crippen LogP contribution in [0.4, 0.5) is 5.69 Å². The van der Waals surface area contributed by atoms with E-state index in [4.69, 9.17) is 9.98 Å². The Hall–Kier alpha value is -3.05. The third kappa shape index (κ3) is 2.24. The number of halogens is 1. The largest absolute Gasteiger partial charge is 0.268 e. The molecule has 0 unspecified atom stereocenters. The van der Waals surface area contributed by atoms with E-state index in [2.05, 4.69) is 15.9 Å². The molecule has 1 aliphatic heterocycles. The number of nitrogens with zero attached hydrogens (tertiary/aromatic N) is 3. The molecule has 4 nitrogen and oxygen atoms in total. The molecule has 5 heteroatoms. The minimum absolute atomic E-state index is 0.0764. The molecule has 0 N–H and O–H groups in total. The van der Waals surface area contributed by atoms with E-state index in [1.165, 1.54) is 0 Å². The summed E-state index contributed by atoms with van der Waals surface area (Å²) in [7, 11) is 0. The van der Waals surface area contributed by atoms with Crippen LogP contribution in [-0.4, -0.2) is 15.3 Å². The van der Waals surface area contributed by atoms with Gasteiger partial charge in [0.25, 0.3) is 5.56 Å². The van der Waals surface area contributed by atoms with Crippen LogP contribution in [0.1, 0.15) is 11.4 Å². The van der Waals surface area contributed by atoms with Crippen LogP contribution in [0, 0.1) is 0 Å². The summed E-state index contributed by atoms with van der Waals surface area (Å²) < 4.78 is 2.59. The number of fused-ring (bicyclic) bond motifs is 4. The van der Waals surface area contributed by atoms with Gasteiger partial charge in [-0.15, -0.1) is 0 Å². The predicted molar refractivity (Wildman–Crippen MR) is 107 cm³/mol. The van der Waals surface area contributed by atoms with Gasteiger partial charge >= 0.3 is 0 Å². The van der Waals surface area contributed by atoms with Crippen LogP contribution >= 0.6 is 15.9 Å². The van der Waals surface area contributed by atoms with Gasteiger partial charge in [0.15, 0.2) is 5.82 Å². The first-order chi connectivity index (χ1) is 12.7. The van der Waals surface area contributed by atoms with Crippen LogP contribution in [0.15, 0.2) is 87.1 Å². The first kappa shape index (κ1) is 15.2. The van der Waals surface area contributed by atoms with Gasteiger partial charge in [-0.2, -0.15) is 0 Å². The summed E-state index contributed by atoms with van der Waals surface area (Å²) in [4.78, 5) is 22.7. The second-order valence-electron chi connectivity index (χ2n) is 6.05. The van der Waals surface area contributed by atoms with Crippen molar-refractivity contribution in [2.45, 2.75) is 0 Å². The number of aliphatic imine (C=N–C) groups is 1. The molecule has 0 atom stereocenters. The van der Waals surface area contributed by atoms with E-state index in [0.29, 0.717) is 22.4 Å². The van der Waals surface area contributed by atoms with Crippen molar-refractivity contribution in [3.63, 3.8) is 0 Å². The molecule has 0 aliphatic carbocycles. The third-order valence-corrected chi connectivity index (χ3v) is 4.93. The number of hydrogen-bond donors (Lipinski definition) is 0. The summed E-state index contributed by atoms with van der Waals surface area (Å²) in [5, 5.41) is 0.603. The van der Waals surface area contributed by atoms with Crippen molar-refractivity contribution in [2.24, 2.45) is 4.99 Å². The molecule has 0 bridgehead atoms. The lowest BCUT2D eigenvalue weighted by Gasteiger charge is -2.05. The Morgan fingerprint density at radius 2 is 1.69 bits per heavy atom. The first-order valence-corrected chi connectivity index (χ1v) is 8.98. The average molecular weight is 402 g/mol. The fraction of sp³-hybridized carbons (Fsp3) is 0. The maximum atomic E-state index is 13.1. The second-order valence-corrected chi connectivity index (χ2v) is 6.97. The molecule has 1 aromatic heterocycles. The molecule has 0 fully saturated rings. The van der Waals surface area contributed by atoms with E-state index < -0.39 is 0 Å². The number of rotatable bonds is 1. The van der Waals surface area contributed by atoms with Gasteiger partial charge < -0.3 is 0 Å². The van der Waals surface area contributed by atoms with E-state index in [1.807, 2.05) is 72.8 Å². The van der Waals surface area contributed by atoms with Crippen molar-refractivity contribution < 1.29 is 0 Å². The standard InChI is InChI=1S/C21H12BrN3O/c22-13-10-11-18-16(12-13)19(23-14-6-2-1-3-7-14)20-24-17-9-5-4-8-15(17)21(26)25(18)20/h1-12H. The Kier molecular flexibility index (Phi) is 3.36. The Labute approximate surface area is 157 Å². The van der Waals surface area contributed by atoms with Gasteiger partial charge in [0, 0.05) is 10.0 Å². The maximum absolute atomic E-state index is 13.1. The average Bonchev–Trinajstić information content (AvgIpc) is 2.96. The van der Waals surface area contributed by atoms with Gasteiger partial charge in [0.05, 0.1) is 22.3 Å². The summed E-state index contributed by atoms with van der Waals surface area (Å²) >= 11 is 3.52. The van der Waals surface area contributed by atoms with Crippen LogP contribution in [-0.2, 0) is 0 Å². The molecule has 1 aliphatic rings. The van der Waals surface area contributed by atoms with Gasteiger partial charge in [-0.1, -0.05) is 46.3 Å². The lowest BCUT2D eigenvalue weighted by molar-refractivity contribution is 0.966. The lowest BCUT2D eigenvalue weighted by Crippen LogP contribution is -2.21. The summed E-state index contributed by atoms with van der Waals surface area (Å²) in [6.45, 7) is 0. The monoisotopic (exact) mass is 401 g/mol. The van der Waals surface area contributed by atoms with Gasteiger partial charge in [-0.05, 0) is 42.5 Å². The highest BCUT2D eigenvalue weighted by molar-refractivity contribution is 9.10. The first-order valence-electron chi connectivity index (χ1n) is 8.18. The molecule has 5 rings (SSSR count). The number of hydrogen-bond acceptors (Lipinski definition) is 3. The molecule has 0 radical (unpaired) electrons. The zero-order chi connectivity index (χ0) is 17.7. The Morgan fingerprint density at radius 3 is 2.54 bits per heavy atom. The van der Waals surface area contributed by atoms with Crippen molar-refractivity contribution in [1.29, 1.82) is 0 Å². The molecule has 2 heterocycles. The van der Waals surface area contributed by atoms with Crippen molar-refractivity contribution in [3.05, 3.63) is 99.0 Å². The Bertz CT molecular complexity index is 1260. The number of para-hydroxylation sites is 2. The fourth-order valence-corrected chi connectivity index (χ4v) is 3.63. The summed E-state index contributed by atoms with van der Waals surface area (Å²) in [5.74, 6) is 0.575. The smallest absolute Gasteiger partial charge is 0.266 e. The van der Waals surface area contributed by atoms with Gasteiger partial charge in [-0.25, -0.2) is 9.98 Å². The summed E-state index contributed by atoms with van der Waals surface area (Å²) in [6.07, 6.45) is 0. The number of aromatic nitrogens is 2. The molecule has 0 amide bonds. The predicted octanol–water partition coefficient (Wildman–Crippen LogP) is 4.63. The van der Waals surface area contributed by atoms with E-state index in [-0.39, 0.29) is 5.56 Å². The summed E-state index contributed by atoms with van der Waals surface area (Å²) in [5.41, 5.74) is 3.83. The van der Waals surface area contributed by atoms with Gasteiger partial charge in [-0.3, -0.25) is 9.36 Å². The highest BCUT2D eigenvalue weighted by Gasteiger charge is 2.28. The van der Waals surface area contributed by atoms with Crippen molar-refractivity contribution >= 4 is 38.2 Å². The highest BCUT2D eigenvalue weighted by Crippen LogP contribution is 2.31. The molecular formula is C21H12BrN3O. The minimum atomic E-state index is -0.0764. The Morgan fingerprint density at radius 1 is 0.923 bits per heavy atom. The van der Waals surface area contributed by atoms with E-state index in [9.17, 15) is 4.79 Å². The topological polar surface area (TPSA) is 47.2 Å². The van der Waals surface area contributed by atoms with Gasteiger partial charge in [0.2, 0.25) is 0 Å². The minimum Gasteiger partial charge on any atom is -0.268 e. The van der Waals surface area contributed by atoms with Crippen LogP contribution < -0.4 is 5.56 Å². The molecule has 124 valence electrons. The molecule has 26 heavy (non-hydrogen) atoms. The maximum Gasteiger partial charge on any atom is 0.266 e. The van der Waals surface area contributed by atoms with E-state index in [1.54, 1.807) is 4.57 Å². The molecule has 4 aromatic rings. The second kappa shape index (κ2) is 5.75. The zero-order valence-electron chi connectivity index (χ0n) is 13.6. The SMILES string of the molecule is O=c1c2ccccc2nc2n1-c1ccc(Br)cc1C2=Nc1ccccc1. The van der Waals surface area contributed by atoms with Crippen LogP contribution in [0.25, 0.3) is 16.6 Å². The van der Waals surface area contributed by atoms with Crippen molar-refractivity contribution in [2.75, 3.05) is 0 Å². The molecule has 0 saturated carbocycles. The third-order valence-electron chi connectivity index (χ3n) is 4.44. The van der Waals surface area contributed by atoms with Crippen molar-refractivity contribution in [3.8, 4) is 5.69 Å². The summed E-state index contributed by atoms with van der Waals surface area (Å²) in [6, 6.07) is 23.0. The normalized spacial score (nSPS) is 13.8. The molecule has 0 spiro atoms. The fourth-order valence-electron chi connectivity index (χ4n) is 3.27. The van der Waals surface area contributed by atoms with E-state index in [0.717, 1.165) is 21.4 Å². The highest BCUT2D eigenvalue weighted by atomic mass is 79.9. The lowest BCUT2D eigenvalue weighted by atomic mass is 10.1. The molecular weight excluding hydrogens is 390 g/mol. The zero-order valence-corrected chi connectivity index (χ0v) is 15.1.